The molecule has 0 radical (unpaired) electrons. The zero-order chi connectivity index (χ0) is 14.5. The molecule has 1 N–H and O–H groups in total. The molecule has 1 unspecified atom stereocenters. The Morgan fingerprint density at radius 3 is 2.50 bits per heavy atom. The number of nitrogens with zero attached hydrogens (tertiary/aromatic N) is 2. The molecule has 0 saturated carbocycles. The number of aliphatic hydroxyl groups is 1. The van der Waals surface area contributed by atoms with Crippen molar-refractivity contribution in [3.05, 3.63) is 22.4 Å². The molecule has 1 fully saturated rings. The number of hydrogen-bond donors (Lipinski definition) is 1. The van der Waals surface area contributed by atoms with E-state index in [1.807, 2.05) is 11.4 Å². The standard InChI is InChI=1S/C14H20N2O3S/c1-11(17)14(19)16-7-5-15(6-8-16)13(18)3-2-12-4-9-20-10-12/h4,9-11,17H,2-3,5-8H2,1H3. The van der Waals surface area contributed by atoms with E-state index >= 15 is 0 Å². The van der Waals surface area contributed by atoms with Gasteiger partial charge >= 0.3 is 0 Å². The molecule has 1 aromatic rings. The fourth-order valence-electron chi connectivity index (χ4n) is 2.28. The number of rotatable bonds is 4. The molecular weight excluding hydrogens is 276 g/mol. The Labute approximate surface area is 122 Å². The highest BCUT2D eigenvalue weighted by atomic mass is 32.1. The number of hydrogen-bond acceptors (Lipinski definition) is 4. The molecule has 2 amide bonds. The van der Waals surface area contributed by atoms with E-state index in [1.165, 1.54) is 12.5 Å². The van der Waals surface area contributed by atoms with E-state index in [-0.39, 0.29) is 11.8 Å². The summed E-state index contributed by atoms with van der Waals surface area (Å²) in [6, 6.07) is 2.04. The van der Waals surface area contributed by atoms with Gasteiger partial charge in [0.2, 0.25) is 5.91 Å². The van der Waals surface area contributed by atoms with Crippen LogP contribution in [0.25, 0.3) is 0 Å². The SMILES string of the molecule is CC(O)C(=O)N1CCN(C(=O)CCc2ccsc2)CC1. The van der Waals surface area contributed by atoms with Crippen molar-refractivity contribution in [1.82, 2.24) is 9.80 Å². The van der Waals surface area contributed by atoms with Gasteiger partial charge in [0, 0.05) is 32.6 Å². The van der Waals surface area contributed by atoms with Gasteiger partial charge in [-0.15, -0.1) is 0 Å². The lowest BCUT2D eigenvalue weighted by atomic mass is 10.1. The van der Waals surface area contributed by atoms with E-state index in [4.69, 9.17) is 0 Å². The average molecular weight is 296 g/mol. The monoisotopic (exact) mass is 296 g/mol. The summed E-state index contributed by atoms with van der Waals surface area (Å²) in [5.74, 6) is -0.115. The highest BCUT2D eigenvalue weighted by molar-refractivity contribution is 7.07. The first-order valence-electron chi connectivity index (χ1n) is 6.83. The van der Waals surface area contributed by atoms with Crippen LogP contribution in [0.2, 0.25) is 0 Å². The first kappa shape index (κ1) is 15.0. The lowest BCUT2D eigenvalue weighted by Gasteiger charge is -2.35. The predicted molar refractivity (Wildman–Crippen MR) is 77.5 cm³/mol. The van der Waals surface area contributed by atoms with Crippen LogP contribution < -0.4 is 0 Å². The second kappa shape index (κ2) is 6.85. The first-order valence-corrected chi connectivity index (χ1v) is 7.78. The second-order valence-corrected chi connectivity index (χ2v) is 5.79. The van der Waals surface area contributed by atoms with Crippen LogP contribution in [0.1, 0.15) is 18.9 Å². The largest absolute Gasteiger partial charge is 0.384 e. The normalized spacial score (nSPS) is 17.1. The van der Waals surface area contributed by atoms with Crippen LogP contribution in [0, 0.1) is 0 Å². The third kappa shape index (κ3) is 3.80. The molecule has 1 saturated heterocycles. The lowest BCUT2D eigenvalue weighted by molar-refractivity contribution is -0.144. The third-order valence-electron chi connectivity index (χ3n) is 3.51. The number of aliphatic hydroxyl groups excluding tert-OH is 1. The highest BCUT2D eigenvalue weighted by Gasteiger charge is 2.25. The summed E-state index contributed by atoms with van der Waals surface area (Å²) in [5.41, 5.74) is 1.20. The molecule has 20 heavy (non-hydrogen) atoms. The molecule has 1 aliphatic rings. The smallest absolute Gasteiger partial charge is 0.251 e. The Morgan fingerprint density at radius 1 is 1.30 bits per heavy atom. The van der Waals surface area contributed by atoms with Gasteiger partial charge in [-0.1, -0.05) is 0 Å². The summed E-state index contributed by atoms with van der Waals surface area (Å²) in [6.45, 7) is 3.60. The van der Waals surface area contributed by atoms with Gasteiger partial charge in [0.05, 0.1) is 0 Å². The number of amides is 2. The van der Waals surface area contributed by atoms with Gasteiger partial charge in [-0.2, -0.15) is 11.3 Å². The summed E-state index contributed by atoms with van der Waals surface area (Å²) < 4.78 is 0. The van der Waals surface area contributed by atoms with Crippen molar-refractivity contribution in [3.63, 3.8) is 0 Å². The van der Waals surface area contributed by atoms with Gasteiger partial charge in [-0.3, -0.25) is 9.59 Å². The van der Waals surface area contributed by atoms with Crippen molar-refractivity contribution >= 4 is 23.2 Å². The molecule has 2 heterocycles. The van der Waals surface area contributed by atoms with E-state index in [1.54, 1.807) is 21.1 Å². The van der Waals surface area contributed by atoms with Crippen LogP contribution in [0.15, 0.2) is 16.8 Å². The Bertz CT molecular complexity index is 451. The number of piperazine rings is 1. The molecule has 6 heteroatoms. The number of thiophene rings is 1. The summed E-state index contributed by atoms with van der Waals surface area (Å²) in [6.07, 6.45) is 0.326. The van der Waals surface area contributed by atoms with Crippen molar-refractivity contribution in [2.45, 2.75) is 25.9 Å². The number of carbonyl (C=O) groups is 2. The van der Waals surface area contributed by atoms with Gasteiger partial charge in [-0.25, -0.2) is 0 Å². The topological polar surface area (TPSA) is 60.9 Å². The maximum Gasteiger partial charge on any atom is 0.251 e. The predicted octanol–water partition coefficient (Wildman–Crippen LogP) is 0.732. The minimum atomic E-state index is -0.962. The Kier molecular flexibility index (Phi) is 5.14. The summed E-state index contributed by atoms with van der Waals surface area (Å²) in [7, 11) is 0. The Balaban J connectivity index is 1.75. The lowest BCUT2D eigenvalue weighted by Crippen LogP contribution is -2.52. The van der Waals surface area contributed by atoms with Gasteiger partial charge in [0.25, 0.3) is 5.91 Å². The fourth-order valence-corrected chi connectivity index (χ4v) is 2.99. The van der Waals surface area contributed by atoms with Crippen molar-refractivity contribution in [2.24, 2.45) is 0 Å². The molecular formula is C14H20N2O3S. The van der Waals surface area contributed by atoms with Gasteiger partial charge < -0.3 is 14.9 Å². The maximum atomic E-state index is 12.1. The number of carbonyl (C=O) groups excluding carboxylic acids is 2. The summed E-state index contributed by atoms with van der Waals surface area (Å²) in [4.78, 5) is 27.1. The van der Waals surface area contributed by atoms with Crippen LogP contribution in [0.5, 0.6) is 0 Å². The summed E-state index contributed by atoms with van der Waals surface area (Å²) in [5, 5.41) is 13.3. The molecule has 0 bridgehead atoms. The molecule has 0 spiro atoms. The van der Waals surface area contributed by atoms with Crippen LogP contribution in [-0.4, -0.2) is 59.0 Å². The molecule has 5 nitrogen and oxygen atoms in total. The minimum Gasteiger partial charge on any atom is -0.384 e. The van der Waals surface area contributed by atoms with E-state index in [0.717, 1.165) is 6.42 Å². The molecule has 1 atom stereocenters. The molecule has 1 aliphatic heterocycles. The third-order valence-corrected chi connectivity index (χ3v) is 4.24. The fraction of sp³-hybridized carbons (Fsp3) is 0.571. The van der Waals surface area contributed by atoms with Crippen LogP contribution in [0.3, 0.4) is 0 Å². The average Bonchev–Trinajstić information content (AvgIpc) is 2.97. The van der Waals surface area contributed by atoms with Crippen LogP contribution >= 0.6 is 11.3 Å². The summed E-state index contributed by atoms with van der Waals surface area (Å²) >= 11 is 1.64. The highest BCUT2D eigenvalue weighted by Crippen LogP contribution is 2.11. The van der Waals surface area contributed by atoms with Gasteiger partial charge in [0.15, 0.2) is 0 Å². The first-order chi connectivity index (χ1) is 9.58. The van der Waals surface area contributed by atoms with Crippen LogP contribution in [-0.2, 0) is 16.0 Å². The molecule has 2 rings (SSSR count). The molecule has 0 aromatic carbocycles. The van der Waals surface area contributed by atoms with Crippen molar-refractivity contribution in [2.75, 3.05) is 26.2 Å². The van der Waals surface area contributed by atoms with Crippen molar-refractivity contribution in [3.8, 4) is 0 Å². The maximum absolute atomic E-state index is 12.1. The minimum absolute atomic E-state index is 0.139. The molecule has 110 valence electrons. The van der Waals surface area contributed by atoms with Gasteiger partial charge in [-0.05, 0) is 35.7 Å². The molecule has 1 aromatic heterocycles. The van der Waals surface area contributed by atoms with Gasteiger partial charge in [0.1, 0.15) is 6.10 Å². The van der Waals surface area contributed by atoms with Crippen LogP contribution in [0.4, 0.5) is 0 Å². The Morgan fingerprint density at radius 2 is 1.95 bits per heavy atom. The van der Waals surface area contributed by atoms with Crippen molar-refractivity contribution < 1.29 is 14.7 Å². The second-order valence-electron chi connectivity index (χ2n) is 5.01. The van der Waals surface area contributed by atoms with E-state index in [9.17, 15) is 14.7 Å². The zero-order valence-electron chi connectivity index (χ0n) is 11.6. The number of aryl methyl sites for hydroxylation is 1. The quantitative estimate of drug-likeness (QED) is 0.891. The Hall–Kier alpha value is -1.40. The zero-order valence-corrected chi connectivity index (χ0v) is 12.4. The van der Waals surface area contributed by atoms with Crippen molar-refractivity contribution in [1.29, 1.82) is 0 Å². The van der Waals surface area contributed by atoms with E-state index in [0.29, 0.717) is 32.6 Å². The molecule has 0 aliphatic carbocycles. The van der Waals surface area contributed by atoms with E-state index < -0.39 is 6.10 Å². The van der Waals surface area contributed by atoms with E-state index in [2.05, 4.69) is 5.38 Å².